The van der Waals surface area contributed by atoms with Crippen molar-refractivity contribution in [2.24, 2.45) is 5.92 Å². The maximum absolute atomic E-state index is 13.4. The molecule has 27 heavy (non-hydrogen) atoms. The second kappa shape index (κ2) is 7.52. The maximum atomic E-state index is 13.4. The summed E-state index contributed by atoms with van der Waals surface area (Å²) in [5.41, 5.74) is 0.920. The number of nitrogens with one attached hydrogen (secondary N) is 2. The number of fused-ring (bicyclic) bond motifs is 4. The molecular formula is C17H17F2N5O3. The normalized spacial score (nSPS) is 19.6. The van der Waals surface area contributed by atoms with Gasteiger partial charge in [-0.1, -0.05) is 19.1 Å². The second-order valence-electron chi connectivity index (χ2n) is 6.08. The molecule has 3 rings (SSSR count). The second-order valence-corrected chi connectivity index (χ2v) is 6.08. The molecule has 0 aromatic carbocycles. The first kappa shape index (κ1) is 18.5. The topological polar surface area (TPSA) is 109 Å². The summed E-state index contributed by atoms with van der Waals surface area (Å²) in [5, 5.41) is 17.7. The van der Waals surface area contributed by atoms with Gasteiger partial charge in [-0.15, -0.1) is 0 Å². The Morgan fingerprint density at radius 2 is 2.19 bits per heavy atom. The molecule has 0 unspecified atom stereocenters. The molecule has 142 valence electrons. The van der Waals surface area contributed by atoms with Crippen LogP contribution in [0.15, 0.2) is 36.8 Å². The van der Waals surface area contributed by atoms with Crippen molar-refractivity contribution < 1.29 is 23.5 Å². The van der Waals surface area contributed by atoms with Crippen LogP contribution in [0.1, 0.15) is 31.5 Å². The molecule has 0 saturated heterocycles. The third-order valence-corrected chi connectivity index (χ3v) is 4.18. The quantitative estimate of drug-likeness (QED) is 0.697. The first-order valence-corrected chi connectivity index (χ1v) is 8.14. The Bertz CT molecular complexity index is 896. The number of aromatic nitrogens is 3. The zero-order chi connectivity index (χ0) is 19.6. The standard InChI is InChI=1S/C17H17F2N5O3/c1-9-3-2-4-12(23-17(26)27)10-5-11(7-20-6-10)14-13(22-15(9)25)8-21-24(14)16(18)19/h2-3,5-9,12,16,23H,4H2,1H3,(H,22,25)(H,26,27)/t9-,12+/m1/s1. The number of pyridine rings is 1. The largest absolute Gasteiger partial charge is 0.465 e. The molecule has 2 aromatic heterocycles. The maximum Gasteiger partial charge on any atom is 0.405 e. The molecule has 0 aliphatic carbocycles. The summed E-state index contributed by atoms with van der Waals surface area (Å²) in [6, 6.07) is 0.908. The van der Waals surface area contributed by atoms with E-state index in [1.807, 2.05) is 0 Å². The van der Waals surface area contributed by atoms with Gasteiger partial charge in [0.2, 0.25) is 5.91 Å². The minimum absolute atomic E-state index is 0.00136. The fraction of sp³-hybridized carbons (Fsp3) is 0.294. The van der Waals surface area contributed by atoms with E-state index < -0.39 is 30.5 Å². The lowest BCUT2D eigenvalue weighted by atomic mass is 10.0. The number of anilines is 1. The minimum atomic E-state index is -2.92. The Hall–Kier alpha value is -3.30. The van der Waals surface area contributed by atoms with Crippen molar-refractivity contribution in [3.63, 3.8) is 0 Å². The van der Waals surface area contributed by atoms with Crippen molar-refractivity contribution in [3.05, 3.63) is 42.4 Å². The van der Waals surface area contributed by atoms with Gasteiger partial charge in [0.1, 0.15) is 0 Å². The van der Waals surface area contributed by atoms with E-state index in [4.69, 9.17) is 5.11 Å². The van der Waals surface area contributed by atoms with E-state index in [9.17, 15) is 18.4 Å². The van der Waals surface area contributed by atoms with E-state index in [2.05, 4.69) is 20.7 Å². The molecule has 2 atom stereocenters. The van der Waals surface area contributed by atoms with Gasteiger partial charge in [-0.05, 0) is 18.1 Å². The van der Waals surface area contributed by atoms with Crippen molar-refractivity contribution in [1.82, 2.24) is 20.1 Å². The summed E-state index contributed by atoms with van der Waals surface area (Å²) in [7, 11) is 0. The van der Waals surface area contributed by atoms with Gasteiger partial charge in [0.25, 0.3) is 0 Å². The number of halogens is 2. The molecule has 10 heteroatoms. The van der Waals surface area contributed by atoms with E-state index in [1.165, 1.54) is 12.4 Å². The SMILES string of the molecule is C[C@@H]1C=CC[C@H](NC(=O)O)c2cncc(c2)-c2c(cnn2C(F)F)NC1=O. The minimum Gasteiger partial charge on any atom is -0.465 e. The predicted molar refractivity (Wildman–Crippen MR) is 92.2 cm³/mol. The first-order valence-electron chi connectivity index (χ1n) is 8.14. The Morgan fingerprint density at radius 1 is 1.41 bits per heavy atom. The molecule has 0 radical (unpaired) electrons. The van der Waals surface area contributed by atoms with Crippen LogP contribution in [0.5, 0.6) is 0 Å². The molecule has 0 saturated carbocycles. The summed E-state index contributed by atoms with van der Waals surface area (Å²) in [5.74, 6) is -0.942. The number of alkyl halides is 2. The molecule has 3 heterocycles. The van der Waals surface area contributed by atoms with Crippen LogP contribution >= 0.6 is 0 Å². The lowest BCUT2D eigenvalue weighted by molar-refractivity contribution is -0.118. The lowest BCUT2D eigenvalue weighted by Gasteiger charge is -2.18. The van der Waals surface area contributed by atoms with Gasteiger partial charge in [-0.2, -0.15) is 13.9 Å². The van der Waals surface area contributed by atoms with Gasteiger partial charge in [0.05, 0.1) is 29.5 Å². The third kappa shape index (κ3) is 3.94. The number of rotatable bonds is 2. The summed E-state index contributed by atoms with van der Waals surface area (Å²) >= 11 is 0. The van der Waals surface area contributed by atoms with Crippen LogP contribution in [0.25, 0.3) is 11.3 Å². The zero-order valence-electron chi connectivity index (χ0n) is 14.3. The monoisotopic (exact) mass is 377 g/mol. The Balaban J connectivity index is 2.17. The highest BCUT2D eigenvalue weighted by molar-refractivity contribution is 5.96. The van der Waals surface area contributed by atoms with Gasteiger partial charge in [-0.3, -0.25) is 9.78 Å². The summed E-state index contributed by atoms with van der Waals surface area (Å²) in [6.07, 6.45) is 6.35. The van der Waals surface area contributed by atoms with Crippen molar-refractivity contribution in [2.75, 3.05) is 5.32 Å². The lowest BCUT2D eigenvalue weighted by Crippen LogP contribution is -2.27. The summed E-state index contributed by atoms with van der Waals surface area (Å²) in [6.45, 7) is -1.28. The molecule has 1 aliphatic heterocycles. The van der Waals surface area contributed by atoms with Gasteiger partial charge in [-0.25, -0.2) is 9.48 Å². The van der Waals surface area contributed by atoms with Crippen LogP contribution in [-0.4, -0.2) is 31.9 Å². The Kier molecular flexibility index (Phi) is 5.15. The number of hydrogen-bond donors (Lipinski definition) is 3. The van der Waals surface area contributed by atoms with Crippen molar-refractivity contribution >= 4 is 17.7 Å². The fourth-order valence-electron chi connectivity index (χ4n) is 2.85. The average Bonchev–Trinajstić information content (AvgIpc) is 3.03. The average molecular weight is 377 g/mol. The van der Waals surface area contributed by atoms with E-state index in [-0.39, 0.29) is 23.4 Å². The molecule has 2 bridgehead atoms. The van der Waals surface area contributed by atoms with E-state index in [1.54, 1.807) is 25.1 Å². The fourth-order valence-corrected chi connectivity index (χ4v) is 2.85. The van der Waals surface area contributed by atoms with Crippen LogP contribution in [0, 0.1) is 5.92 Å². The van der Waals surface area contributed by atoms with Gasteiger partial charge in [0, 0.05) is 18.0 Å². The van der Waals surface area contributed by atoms with Crippen molar-refractivity contribution in [1.29, 1.82) is 0 Å². The highest BCUT2D eigenvalue weighted by Crippen LogP contribution is 2.33. The summed E-state index contributed by atoms with van der Waals surface area (Å²) < 4.78 is 27.3. The van der Waals surface area contributed by atoms with Crippen LogP contribution in [0.4, 0.5) is 19.3 Å². The van der Waals surface area contributed by atoms with Crippen LogP contribution in [0.2, 0.25) is 0 Å². The number of nitrogens with zero attached hydrogens (tertiary/aromatic N) is 3. The molecule has 2 amide bonds. The molecule has 3 N–H and O–H groups in total. The number of carbonyl (C=O) groups is 2. The Morgan fingerprint density at radius 3 is 2.89 bits per heavy atom. The van der Waals surface area contributed by atoms with E-state index in [0.29, 0.717) is 10.2 Å². The number of hydrogen-bond acceptors (Lipinski definition) is 4. The molecular weight excluding hydrogens is 360 g/mol. The first-order chi connectivity index (χ1) is 12.9. The summed E-state index contributed by atoms with van der Waals surface area (Å²) in [4.78, 5) is 27.5. The highest BCUT2D eigenvalue weighted by Gasteiger charge is 2.24. The van der Waals surface area contributed by atoms with Crippen molar-refractivity contribution in [3.8, 4) is 11.3 Å². The predicted octanol–water partition coefficient (Wildman–Crippen LogP) is 3.18. The molecule has 2 aromatic rings. The van der Waals surface area contributed by atoms with Crippen molar-refractivity contribution in [2.45, 2.75) is 25.9 Å². The molecule has 8 nitrogen and oxygen atoms in total. The van der Waals surface area contributed by atoms with Crippen LogP contribution in [0.3, 0.4) is 0 Å². The smallest absolute Gasteiger partial charge is 0.405 e. The molecule has 0 fully saturated rings. The highest BCUT2D eigenvalue weighted by atomic mass is 19.3. The van der Waals surface area contributed by atoms with Gasteiger partial charge < -0.3 is 15.7 Å². The van der Waals surface area contributed by atoms with Crippen LogP contribution in [-0.2, 0) is 4.79 Å². The van der Waals surface area contributed by atoms with Crippen LogP contribution < -0.4 is 10.6 Å². The third-order valence-electron chi connectivity index (χ3n) is 4.18. The number of amides is 2. The zero-order valence-corrected chi connectivity index (χ0v) is 14.3. The van der Waals surface area contributed by atoms with Gasteiger partial charge >= 0.3 is 12.6 Å². The molecule has 1 aliphatic rings. The number of carboxylic acid groups (broad SMARTS) is 1. The van der Waals surface area contributed by atoms with Gasteiger partial charge in [0.15, 0.2) is 0 Å². The van der Waals surface area contributed by atoms with E-state index in [0.717, 1.165) is 6.20 Å². The number of carbonyl (C=O) groups excluding carboxylic acids is 1. The Labute approximate surface area is 152 Å². The van der Waals surface area contributed by atoms with E-state index >= 15 is 0 Å². The molecule has 0 spiro atoms.